The van der Waals surface area contributed by atoms with E-state index in [0.29, 0.717) is 6.54 Å². The van der Waals surface area contributed by atoms with Gasteiger partial charge in [0, 0.05) is 13.1 Å². The van der Waals surface area contributed by atoms with Gasteiger partial charge in [0.2, 0.25) is 11.8 Å². The molecule has 1 atom stereocenters. The summed E-state index contributed by atoms with van der Waals surface area (Å²) in [6, 6.07) is 0. The minimum atomic E-state index is -0.679. The van der Waals surface area contributed by atoms with Crippen molar-refractivity contribution in [1.82, 2.24) is 10.6 Å². The molecule has 0 aromatic rings. The van der Waals surface area contributed by atoms with Crippen LogP contribution in [0.2, 0.25) is 0 Å². The molecule has 0 bridgehead atoms. The van der Waals surface area contributed by atoms with Gasteiger partial charge in [-0.25, -0.2) is 0 Å². The van der Waals surface area contributed by atoms with E-state index in [-0.39, 0.29) is 24.2 Å². The fourth-order valence-corrected chi connectivity index (χ4v) is 1.42. The van der Waals surface area contributed by atoms with Gasteiger partial charge < -0.3 is 16.4 Å². The SMILES string of the molecule is CC(C)(CNC(=O)[C@@H]1CCNC1)C(N)=O.Cl. The minimum Gasteiger partial charge on any atom is -0.369 e. The zero-order valence-corrected chi connectivity index (χ0v) is 10.5. The molecule has 5 nitrogen and oxygen atoms in total. The van der Waals surface area contributed by atoms with Gasteiger partial charge >= 0.3 is 0 Å². The number of amides is 2. The van der Waals surface area contributed by atoms with E-state index >= 15 is 0 Å². The molecule has 16 heavy (non-hydrogen) atoms. The molecule has 0 radical (unpaired) electrons. The molecule has 0 aliphatic carbocycles. The monoisotopic (exact) mass is 249 g/mol. The molecule has 4 N–H and O–H groups in total. The Bertz CT molecular complexity index is 263. The smallest absolute Gasteiger partial charge is 0.224 e. The van der Waals surface area contributed by atoms with Crippen LogP contribution in [0.3, 0.4) is 0 Å². The second-order valence-corrected chi connectivity index (χ2v) is 4.66. The molecule has 0 saturated carbocycles. The van der Waals surface area contributed by atoms with Crippen molar-refractivity contribution in [3.05, 3.63) is 0 Å². The number of carbonyl (C=O) groups is 2. The lowest BCUT2D eigenvalue weighted by Crippen LogP contribution is -2.44. The summed E-state index contributed by atoms with van der Waals surface area (Å²) >= 11 is 0. The van der Waals surface area contributed by atoms with E-state index < -0.39 is 11.3 Å². The van der Waals surface area contributed by atoms with E-state index in [0.717, 1.165) is 19.5 Å². The van der Waals surface area contributed by atoms with Crippen LogP contribution in [0, 0.1) is 11.3 Å². The van der Waals surface area contributed by atoms with Gasteiger partial charge in [0.25, 0.3) is 0 Å². The predicted molar refractivity (Wildman–Crippen MR) is 64.2 cm³/mol. The Balaban J connectivity index is 0.00000225. The van der Waals surface area contributed by atoms with Crippen molar-refractivity contribution in [2.45, 2.75) is 20.3 Å². The Morgan fingerprint density at radius 1 is 1.50 bits per heavy atom. The molecule has 0 spiro atoms. The van der Waals surface area contributed by atoms with E-state index in [1.54, 1.807) is 13.8 Å². The molecular weight excluding hydrogens is 230 g/mol. The molecule has 0 unspecified atom stereocenters. The van der Waals surface area contributed by atoms with Crippen LogP contribution in [-0.2, 0) is 9.59 Å². The second kappa shape index (κ2) is 6.06. The third kappa shape index (κ3) is 3.98. The first-order chi connectivity index (χ1) is 6.93. The van der Waals surface area contributed by atoms with E-state index in [2.05, 4.69) is 10.6 Å². The molecular formula is C10H20ClN3O2. The molecule has 6 heteroatoms. The van der Waals surface area contributed by atoms with Crippen molar-refractivity contribution in [3.63, 3.8) is 0 Å². The van der Waals surface area contributed by atoms with Gasteiger partial charge in [0.1, 0.15) is 0 Å². The summed E-state index contributed by atoms with van der Waals surface area (Å²) in [6.07, 6.45) is 0.864. The molecule has 2 amide bonds. The van der Waals surface area contributed by atoms with Crippen LogP contribution in [0.25, 0.3) is 0 Å². The minimum absolute atomic E-state index is 0. The highest BCUT2D eigenvalue weighted by atomic mass is 35.5. The maximum Gasteiger partial charge on any atom is 0.224 e. The van der Waals surface area contributed by atoms with Gasteiger partial charge in [-0.1, -0.05) is 0 Å². The summed E-state index contributed by atoms with van der Waals surface area (Å²) < 4.78 is 0. The molecule has 0 aromatic heterocycles. The molecule has 94 valence electrons. The molecule has 1 aliphatic heterocycles. The van der Waals surface area contributed by atoms with Crippen molar-refractivity contribution in [3.8, 4) is 0 Å². The Morgan fingerprint density at radius 2 is 2.12 bits per heavy atom. The number of rotatable bonds is 4. The average molecular weight is 250 g/mol. The summed E-state index contributed by atoms with van der Waals surface area (Å²) in [6.45, 7) is 5.36. The first-order valence-corrected chi connectivity index (χ1v) is 5.22. The maximum absolute atomic E-state index is 11.6. The van der Waals surface area contributed by atoms with Gasteiger partial charge in [-0.05, 0) is 26.8 Å². The van der Waals surface area contributed by atoms with E-state index in [4.69, 9.17) is 5.73 Å². The van der Waals surface area contributed by atoms with E-state index in [9.17, 15) is 9.59 Å². The van der Waals surface area contributed by atoms with Crippen molar-refractivity contribution in [2.24, 2.45) is 17.1 Å². The first kappa shape index (κ1) is 15.2. The highest BCUT2D eigenvalue weighted by molar-refractivity contribution is 5.85. The van der Waals surface area contributed by atoms with Crippen molar-refractivity contribution >= 4 is 24.2 Å². The Labute approximate surface area is 102 Å². The Kier molecular flexibility index (Phi) is 5.75. The highest BCUT2D eigenvalue weighted by Crippen LogP contribution is 2.13. The van der Waals surface area contributed by atoms with Crippen LogP contribution >= 0.6 is 12.4 Å². The van der Waals surface area contributed by atoms with Gasteiger partial charge in [-0.15, -0.1) is 12.4 Å². The zero-order chi connectivity index (χ0) is 11.5. The summed E-state index contributed by atoms with van der Waals surface area (Å²) in [7, 11) is 0. The lowest BCUT2D eigenvalue weighted by atomic mass is 9.92. The van der Waals surface area contributed by atoms with Crippen LogP contribution in [-0.4, -0.2) is 31.4 Å². The van der Waals surface area contributed by atoms with Crippen molar-refractivity contribution in [2.75, 3.05) is 19.6 Å². The highest BCUT2D eigenvalue weighted by Gasteiger charge is 2.28. The molecule has 1 rings (SSSR count). The van der Waals surface area contributed by atoms with Crippen molar-refractivity contribution < 1.29 is 9.59 Å². The average Bonchev–Trinajstić information content (AvgIpc) is 2.66. The third-order valence-corrected chi connectivity index (χ3v) is 2.80. The summed E-state index contributed by atoms with van der Waals surface area (Å²) in [4.78, 5) is 22.6. The summed E-state index contributed by atoms with van der Waals surface area (Å²) in [5, 5.41) is 5.89. The zero-order valence-electron chi connectivity index (χ0n) is 9.71. The molecule has 1 aliphatic rings. The Morgan fingerprint density at radius 3 is 2.56 bits per heavy atom. The van der Waals surface area contributed by atoms with E-state index in [1.807, 2.05) is 0 Å². The van der Waals surface area contributed by atoms with Crippen LogP contribution in [0.5, 0.6) is 0 Å². The number of halogens is 1. The largest absolute Gasteiger partial charge is 0.369 e. The molecule has 1 heterocycles. The van der Waals surface area contributed by atoms with Gasteiger partial charge in [0.15, 0.2) is 0 Å². The normalized spacial score (nSPS) is 20.0. The Hall–Kier alpha value is -0.810. The molecule has 1 fully saturated rings. The maximum atomic E-state index is 11.6. The predicted octanol–water partition coefficient (Wildman–Crippen LogP) is -0.355. The number of hydrogen-bond acceptors (Lipinski definition) is 3. The summed E-state index contributed by atoms with van der Waals surface area (Å²) in [5.41, 5.74) is 4.53. The lowest BCUT2D eigenvalue weighted by molar-refractivity contribution is -0.128. The fraction of sp³-hybridized carbons (Fsp3) is 0.800. The number of nitrogens with two attached hydrogens (primary N) is 1. The van der Waals surface area contributed by atoms with E-state index in [1.165, 1.54) is 0 Å². The number of hydrogen-bond donors (Lipinski definition) is 3. The van der Waals surface area contributed by atoms with Crippen LogP contribution in [0.1, 0.15) is 20.3 Å². The number of nitrogens with one attached hydrogen (secondary N) is 2. The number of primary amides is 1. The van der Waals surface area contributed by atoms with Gasteiger partial charge in [-0.3, -0.25) is 9.59 Å². The van der Waals surface area contributed by atoms with Gasteiger partial charge in [-0.2, -0.15) is 0 Å². The van der Waals surface area contributed by atoms with Gasteiger partial charge in [0.05, 0.1) is 11.3 Å². The quantitative estimate of drug-likeness (QED) is 0.637. The van der Waals surface area contributed by atoms with Crippen LogP contribution in [0.4, 0.5) is 0 Å². The summed E-state index contributed by atoms with van der Waals surface area (Å²) in [5.74, 6) is -0.352. The standard InChI is InChI=1S/C10H19N3O2.ClH/c1-10(2,9(11)15)6-13-8(14)7-3-4-12-5-7;/h7,12H,3-6H2,1-2H3,(H2,11,15)(H,13,14);1H/t7-;/m1./s1. The topological polar surface area (TPSA) is 84.2 Å². The van der Waals surface area contributed by atoms with Crippen molar-refractivity contribution in [1.29, 1.82) is 0 Å². The second-order valence-electron chi connectivity index (χ2n) is 4.66. The molecule has 0 aromatic carbocycles. The first-order valence-electron chi connectivity index (χ1n) is 5.22. The van der Waals surface area contributed by atoms with Crippen LogP contribution < -0.4 is 16.4 Å². The fourth-order valence-electron chi connectivity index (χ4n) is 1.42. The molecule has 1 saturated heterocycles. The third-order valence-electron chi connectivity index (χ3n) is 2.80. The number of carbonyl (C=O) groups excluding carboxylic acids is 2. The lowest BCUT2D eigenvalue weighted by Gasteiger charge is -2.21. The van der Waals surface area contributed by atoms with Crippen LogP contribution in [0.15, 0.2) is 0 Å².